The average molecular weight is 331 g/mol. The standard InChI is InChI=1S/C19H29N3O2/c1-3-7-16-14-15(9-13-24-16)19(23)21(2)17-8-6-10-20-18(17)22-11-4-5-12-22/h6,8,10,15-16H,3-5,7,9,11-14H2,1-2H3/t15-,16-/m1/s1. The smallest absolute Gasteiger partial charge is 0.230 e. The molecule has 0 aliphatic carbocycles. The summed E-state index contributed by atoms with van der Waals surface area (Å²) in [6, 6.07) is 3.93. The molecule has 24 heavy (non-hydrogen) atoms. The molecular formula is C19H29N3O2. The second-order valence-corrected chi connectivity index (χ2v) is 6.94. The first-order valence-electron chi connectivity index (χ1n) is 9.29. The fourth-order valence-corrected chi connectivity index (χ4v) is 3.84. The van der Waals surface area contributed by atoms with E-state index in [1.165, 1.54) is 12.8 Å². The molecule has 2 atom stereocenters. The lowest BCUT2D eigenvalue weighted by atomic mass is 9.92. The predicted molar refractivity (Wildman–Crippen MR) is 96.5 cm³/mol. The zero-order chi connectivity index (χ0) is 16.9. The Hall–Kier alpha value is -1.62. The quantitative estimate of drug-likeness (QED) is 0.831. The fourth-order valence-electron chi connectivity index (χ4n) is 3.84. The van der Waals surface area contributed by atoms with Gasteiger partial charge in [0.2, 0.25) is 5.91 Å². The van der Waals surface area contributed by atoms with Crippen LogP contribution in [0.15, 0.2) is 18.3 Å². The minimum Gasteiger partial charge on any atom is -0.378 e. The highest BCUT2D eigenvalue weighted by molar-refractivity contribution is 5.97. The van der Waals surface area contributed by atoms with Gasteiger partial charge in [-0.15, -0.1) is 0 Å². The molecular weight excluding hydrogens is 302 g/mol. The molecule has 0 spiro atoms. The van der Waals surface area contributed by atoms with Crippen molar-refractivity contribution in [1.82, 2.24) is 4.98 Å². The minimum atomic E-state index is 0.0620. The van der Waals surface area contributed by atoms with E-state index in [0.717, 1.165) is 50.3 Å². The van der Waals surface area contributed by atoms with Crippen LogP contribution in [-0.2, 0) is 9.53 Å². The van der Waals surface area contributed by atoms with Crippen LogP contribution in [0, 0.1) is 5.92 Å². The Morgan fingerprint density at radius 2 is 2.21 bits per heavy atom. The Balaban J connectivity index is 1.73. The summed E-state index contributed by atoms with van der Waals surface area (Å²) in [4.78, 5) is 21.7. The lowest BCUT2D eigenvalue weighted by Crippen LogP contribution is -2.39. The summed E-state index contributed by atoms with van der Waals surface area (Å²) in [5.74, 6) is 1.21. The van der Waals surface area contributed by atoms with E-state index in [1.54, 1.807) is 0 Å². The number of rotatable bonds is 5. The Bertz CT molecular complexity index is 555. The number of ether oxygens (including phenoxy) is 1. The summed E-state index contributed by atoms with van der Waals surface area (Å²) >= 11 is 0. The second kappa shape index (κ2) is 7.97. The molecule has 5 heteroatoms. The summed E-state index contributed by atoms with van der Waals surface area (Å²) in [5.41, 5.74) is 0.933. The van der Waals surface area contributed by atoms with Crippen molar-refractivity contribution >= 4 is 17.4 Å². The number of anilines is 2. The largest absolute Gasteiger partial charge is 0.378 e. The highest BCUT2D eigenvalue weighted by Gasteiger charge is 2.31. The number of hydrogen-bond acceptors (Lipinski definition) is 4. The molecule has 0 saturated carbocycles. The van der Waals surface area contributed by atoms with Gasteiger partial charge < -0.3 is 14.5 Å². The summed E-state index contributed by atoms with van der Waals surface area (Å²) < 4.78 is 5.80. The van der Waals surface area contributed by atoms with Crippen molar-refractivity contribution in [3.8, 4) is 0 Å². The van der Waals surface area contributed by atoms with Crippen LogP contribution in [0.3, 0.4) is 0 Å². The molecule has 1 amide bonds. The van der Waals surface area contributed by atoms with E-state index in [9.17, 15) is 4.79 Å². The van der Waals surface area contributed by atoms with Crippen LogP contribution in [0.1, 0.15) is 45.4 Å². The van der Waals surface area contributed by atoms with E-state index in [1.807, 2.05) is 30.3 Å². The Labute approximate surface area is 145 Å². The first-order valence-corrected chi connectivity index (χ1v) is 9.29. The van der Waals surface area contributed by atoms with E-state index in [4.69, 9.17) is 4.74 Å². The second-order valence-electron chi connectivity index (χ2n) is 6.94. The summed E-state index contributed by atoms with van der Waals surface area (Å²) in [6.45, 7) is 4.92. The van der Waals surface area contributed by atoms with Gasteiger partial charge >= 0.3 is 0 Å². The SMILES string of the molecule is CCC[C@@H]1C[C@H](C(=O)N(C)c2cccnc2N2CCCC2)CCO1. The number of carbonyl (C=O) groups excluding carboxylic acids is 1. The third-order valence-electron chi connectivity index (χ3n) is 5.19. The van der Waals surface area contributed by atoms with E-state index < -0.39 is 0 Å². The molecule has 0 bridgehead atoms. The topological polar surface area (TPSA) is 45.7 Å². The highest BCUT2D eigenvalue weighted by atomic mass is 16.5. The van der Waals surface area contributed by atoms with E-state index in [-0.39, 0.29) is 17.9 Å². The number of carbonyl (C=O) groups is 1. The van der Waals surface area contributed by atoms with Gasteiger partial charge in [-0.25, -0.2) is 4.98 Å². The molecule has 132 valence electrons. The van der Waals surface area contributed by atoms with Crippen molar-refractivity contribution < 1.29 is 9.53 Å². The van der Waals surface area contributed by atoms with Crippen LogP contribution in [0.2, 0.25) is 0 Å². The molecule has 0 radical (unpaired) electrons. The van der Waals surface area contributed by atoms with Crippen molar-refractivity contribution in [2.45, 2.75) is 51.6 Å². The normalized spacial score (nSPS) is 24.2. The first-order chi connectivity index (χ1) is 11.7. The number of nitrogens with zero attached hydrogens (tertiary/aromatic N) is 3. The molecule has 3 rings (SSSR count). The maximum Gasteiger partial charge on any atom is 0.230 e. The number of amides is 1. The zero-order valence-corrected chi connectivity index (χ0v) is 14.9. The van der Waals surface area contributed by atoms with Gasteiger partial charge in [-0.2, -0.15) is 0 Å². The van der Waals surface area contributed by atoms with Gasteiger partial charge in [0, 0.05) is 38.9 Å². The number of aromatic nitrogens is 1. The molecule has 1 aromatic rings. The average Bonchev–Trinajstić information content (AvgIpc) is 3.15. The van der Waals surface area contributed by atoms with Gasteiger partial charge in [0.25, 0.3) is 0 Å². The molecule has 2 saturated heterocycles. The summed E-state index contributed by atoms with van der Waals surface area (Å²) in [7, 11) is 1.89. The molecule has 5 nitrogen and oxygen atoms in total. The van der Waals surface area contributed by atoms with Crippen molar-refractivity contribution in [3.63, 3.8) is 0 Å². The molecule has 1 aromatic heterocycles. The van der Waals surface area contributed by atoms with E-state index in [2.05, 4.69) is 16.8 Å². The van der Waals surface area contributed by atoms with Crippen LogP contribution >= 0.6 is 0 Å². The van der Waals surface area contributed by atoms with Gasteiger partial charge in [0.1, 0.15) is 0 Å². The summed E-state index contributed by atoms with van der Waals surface area (Å²) in [6.07, 6.45) is 8.26. The Morgan fingerprint density at radius 1 is 1.42 bits per heavy atom. The van der Waals surface area contributed by atoms with Crippen molar-refractivity contribution in [3.05, 3.63) is 18.3 Å². The molecule has 2 aliphatic rings. The van der Waals surface area contributed by atoms with Crippen molar-refractivity contribution in [2.24, 2.45) is 5.92 Å². The minimum absolute atomic E-state index is 0.0620. The van der Waals surface area contributed by atoms with Crippen LogP contribution in [-0.4, -0.2) is 43.7 Å². The third kappa shape index (κ3) is 3.72. The summed E-state index contributed by atoms with van der Waals surface area (Å²) in [5, 5.41) is 0. The molecule has 0 N–H and O–H groups in total. The van der Waals surface area contributed by atoms with E-state index >= 15 is 0 Å². The molecule has 3 heterocycles. The molecule has 2 aliphatic heterocycles. The predicted octanol–water partition coefficient (Wildman–Crippen LogP) is 3.24. The van der Waals surface area contributed by atoms with Crippen LogP contribution < -0.4 is 9.80 Å². The maximum atomic E-state index is 13.0. The number of hydrogen-bond donors (Lipinski definition) is 0. The molecule has 0 unspecified atom stereocenters. The van der Waals surface area contributed by atoms with Crippen LogP contribution in [0.5, 0.6) is 0 Å². The fraction of sp³-hybridized carbons (Fsp3) is 0.684. The van der Waals surface area contributed by atoms with Gasteiger partial charge in [-0.3, -0.25) is 4.79 Å². The van der Waals surface area contributed by atoms with Gasteiger partial charge in [-0.05, 0) is 44.2 Å². The number of pyridine rings is 1. The Kier molecular flexibility index (Phi) is 5.72. The first kappa shape index (κ1) is 17.2. The van der Waals surface area contributed by atoms with Gasteiger partial charge in [0.05, 0.1) is 11.8 Å². The van der Waals surface area contributed by atoms with Crippen molar-refractivity contribution in [2.75, 3.05) is 36.5 Å². The molecule has 2 fully saturated rings. The third-order valence-corrected chi connectivity index (χ3v) is 5.19. The van der Waals surface area contributed by atoms with Gasteiger partial charge in [0.15, 0.2) is 5.82 Å². The highest BCUT2D eigenvalue weighted by Crippen LogP contribution is 2.32. The van der Waals surface area contributed by atoms with E-state index in [0.29, 0.717) is 6.61 Å². The van der Waals surface area contributed by atoms with Gasteiger partial charge in [-0.1, -0.05) is 13.3 Å². The lowest BCUT2D eigenvalue weighted by molar-refractivity contribution is -0.127. The lowest BCUT2D eigenvalue weighted by Gasteiger charge is -2.32. The van der Waals surface area contributed by atoms with Crippen LogP contribution in [0.4, 0.5) is 11.5 Å². The zero-order valence-electron chi connectivity index (χ0n) is 14.9. The maximum absolute atomic E-state index is 13.0. The van der Waals surface area contributed by atoms with Crippen molar-refractivity contribution in [1.29, 1.82) is 0 Å². The monoisotopic (exact) mass is 331 g/mol. The molecule has 0 aromatic carbocycles. The van der Waals surface area contributed by atoms with Crippen LogP contribution in [0.25, 0.3) is 0 Å². The Morgan fingerprint density at radius 3 is 2.96 bits per heavy atom.